The Kier molecular flexibility index (Phi) is 2.78. The Labute approximate surface area is 147 Å². The largest absolute Gasteiger partial charge is 0.508 e. The molecule has 0 unspecified atom stereocenters. The van der Waals surface area contributed by atoms with Gasteiger partial charge in [-0.1, -0.05) is 6.07 Å². The molecule has 0 amide bonds. The molecule has 0 atom stereocenters. The Bertz CT molecular complexity index is 1330. The zero-order valence-electron chi connectivity index (χ0n) is 13.5. The van der Waals surface area contributed by atoms with Crippen LogP contribution in [0.5, 0.6) is 5.75 Å². The third-order valence-corrected chi connectivity index (χ3v) is 4.86. The van der Waals surface area contributed by atoms with E-state index in [-0.39, 0.29) is 23.1 Å². The molecule has 0 spiro atoms. The van der Waals surface area contributed by atoms with E-state index in [4.69, 9.17) is 0 Å². The predicted molar refractivity (Wildman–Crippen MR) is 97.8 cm³/mol. The highest BCUT2D eigenvalue weighted by molar-refractivity contribution is 6.16. The van der Waals surface area contributed by atoms with Gasteiger partial charge < -0.3 is 10.2 Å². The molecule has 3 aromatic rings. The second kappa shape index (κ2) is 4.92. The summed E-state index contributed by atoms with van der Waals surface area (Å²) in [7, 11) is 0. The number of rotatable bonds is 0. The molecule has 0 radical (unpaired) electrons. The Morgan fingerprint density at radius 1 is 0.654 bits per heavy atom. The van der Waals surface area contributed by atoms with E-state index in [1.807, 2.05) is 18.2 Å². The minimum atomic E-state index is -0.280. The number of ketones is 2. The van der Waals surface area contributed by atoms with Gasteiger partial charge in [-0.15, -0.1) is 0 Å². The molecule has 0 fully saturated rings. The standard InChI is InChI=1S/C22H12O4/c23-16-2-1-11-7-19-13(3-12(11)5-16)4-14-8-18-15(9-20(14)22(19)26)6-17(24)10-21(18)25/h1-10,23-24H. The number of aliphatic hydroxyl groups excluding tert-OH is 1. The van der Waals surface area contributed by atoms with E-state index in [0.29, 0.717) is 27.1 Å². The van der Waals surface area contributed by atoms with Crippen LogP contribution >= 0.6 is 0 Å². The van der Waals surface area contributed by atoms with Crippen molar-refractivity contribution in [3.05, 3.63) is 87.0 Å². The number of fused-ring (bicyclic) bond motifs is 4. The smallest absolute Gasteiger partial charge is 0.194 e. The molecule has 0 saturated carbocycles. The van der Waals surface area contributed by atoms with Crippen LogP contribution in [0.3, 0.4) is 0 Å². The van der Waals surface area contributed by atoms with Gasteiger partial charge in [0.05, 0.1) is 0 Å². The number of hydrogen-bond acceptors (Lipinski definition) is 4. The first kappa shape index (κ1) is 14.7. The Morgan fingerprint density at radius 2 is 1.42 bits per heavy atom. The number of carbonyl (C=O) groups excluding carboxylic acids is 2. The van der Waals surface area contributed by atoms with Crippen molar-refractivity contribution in [3.63, 3.8) is 0 Å². The molecule has 2 aliphatic carbocycles. The molecule has 0 aliphatic heterocycles. The number of phenolic OH excluding ortho intramolecular Hbond substituents is 1. The quantitative estimate of drug-likeness (QED) is 0.515. The van der Waals surface area contributed by atoms with E-state index in [1.165, 1.54) is 12.2 Å². The fraction of sp³-hybridized carbons (Fsp3) is 0. The van der Waals surface area contributed by atoms with Crippen molar-refractivity contribution in [2.45, 2.75) is 0 Å². The number of aliphatic hydroxyl groups is 1. The Morgan fingerprint density at radius 3 is 2.27 bits per heavy atom. The number of carbonyl (C=O) groups is 2. The van der Waals surface area contributed by atoms with Crippen molar-refractivity contribution in [1.29, 1.82) is 0 Å². The maximum absolute atomic E-state index is 13.0. The highest BCUT2D eigenvalue weighted by Crippen LogP contribution is 2.27. The summed E-state index contributed by atoms with van der Waals surface area (Å²) < 4.78 is 0. The number of benzene rings is 3. The van der Waals surface area contributed by atoms with Crippen molar-refractivity contribution >= 4 is 34.5 Å². The van der Waals surface area contributed by atoms with Crippen LogP contribution < -0.4 is 10.4 Å². The van der Waals surface area contributed by atoms with Gasteiger partial charge in [-0.05, 0) is 75.3 Å². The number of aromatic hydroxyl groups is 1. The van der Waals surface area contributed by atoms with Crippen LogP contribution in [0, 0.1) is 0 Å². The van der Waals surface area contributed by atoms with Crippen molar-refractivity contribution < 1.29 is 19.8 Å². The van der Waals surface area contributed by atoms with Crippen LogP contribution in [0.15, 0.2) is 54.3 Å². The van der Waals surface area contributed by atoms with Crippen LogP contribution in [0.4, 0.5) is 0 Å². The van der Waals surface area contributed by atoms with Gasteiger partial charge in [-0.2, -0.15) is 0 Å². The summed E-state index contributed by atoms with van der Waals surface area (Å²) in [5.74, 6) is -0.342. The average Bonchev–Trinajstić information content (AvgIpc) is 2.60. The molecule has 4 heteroatoms. The molecule has 3 aromatic carbocycles. The number of hydrogen-bond donors (Lipinski definition) is 2. The molecule has 2 aliphatic rings. The lowest BCUT2D eigenvalue weighted by molar-refractivity contribution is 0.102. The van der Waals surface area contributed by atoms with Crippen LogP contribution in [-0.4, -0.2) is 21.8 Å². The molecular formula is C22H12O4. The van der Waals surface area contributed by atoms with Crippen LogP contribution in [0.2, 0.25) is 0 Å². The first-order chi connectivity index (χ1) is 12.5. The fourth-order valence-electron chi connectivity index (χ4n) is 3.63. The molecule has 26 heavy (non-hydrogen) atoms. The molecule has 0 bridgehead atoms. The Hall–Kier alpha value is -3.66. The summed E-state index contributed by atoms with van der Waals surface area (Å²) in [5.41, 5.74) is 2.31. The van der Waals surface area contributed by atoms with E-state index < -0.39 is 0 Å². The summed E-state index contributed by atoms with van der Waals surface area (Å²) >= 11 is 0. The van der Waals surface area contributed by atoms with Gasteiger partial charge in [0.1, 0.15) is 11.5 Å². The molecule has 0 saturated heterocycles. The minimum absolute atomic E-state index is 0.110. The molecule has 4 nitrogen and oxygen atoms in total. The van der Waals surface area contributed by atoms with Crippen LogP contribution in [0.1, 0.15) is 31.8 Å². The van der Waals surface area contributed by atoms with E-state index in [9.17, 15) is 19.8 Å². The molecule has 0 aromatic heterocycles. The summed E-state index contributed by atoms with van der Waals surface area (Å²) in [6.07, 6.45) is 4.54. The zero-order valence-corrected chi connectivity index (χ0v) is 13.5. The SMILES string of the molecule is O=C1C=C(O)C=c2cc3c(cc21)=Cc1cc2cc(O)ccc2cc1C3=O. The van der Waals surface area contributed by atoms with Crippen molar-refractivity contribution in [1.82, 2.24) is 0 Å². The zero-order chi connectivity index (χ0) is 18.0. The summed E-state index contributed by atoms with van der Waals surface area (Å²) in [5, 5.41) is 22.3. The van der Waals surface area contributed by atoms with Gasteiger partial charge in [-0.25, -0.2) is 0 Å². The van der Waals surface area contributed by atoms with Gasteiger partial charge in [0.25, 0.3) is 0 Å². The van der Waals surface area contributed by atoms with Crippen LogP contribution in [-0.2, 0) is 0 Å². The molecule has 5 rings (SSSR count). The van der Waals surface area contributed by atoms with Gasteiger partial charge in [-0.3, -0.25) is 9.59 Å². The normalized spacial score (nSPS) is 14.7. The minimum Gasteiger partial charge on any atom is -0.508 e. The second-order valence-corrected chi connectivity index (χ2v) is 6.55. The first-order valence-electron chi connectivity index (χ1n) is 8.13. The third kappa shape index (κ3) is 2.02. The second-order valence-electron chi connectivity index (χ2n) is 6.55. The maximum atomic E-state index is 13.0. The first-order valence-corrected chi connectivity index (χ1v) is 8.13. The van der Waals surface area contributed by atoms with Gasteiger partial charge >= 0.3 is 0 Å². The summed E-state index contributed by atoms with van der Waals surface area (Å²) in [4.78, 5) is 25.2. The monoisotopic (exact) mass is 340 g/mol. The van der Waals surface area contributed by atoms with Crippen molar-refractivity contribution in [2.24, 2.45) is 0 Å². The highest BCUT2D eigenvalue weighted by atomic mass is 16.3. The van der Waals surface area contributed by atoms with E-state index in [1.54, 1.807) is 30.3 Å². The lowest BCUT2D eigenvalue weighted by Crippen LogP contribution is -2.29. The molecule has 2 N–H and O–H groups in total. The van der Waals surface area contributed by atoms with Gasteiger partial charge in [0.15, 0.2) is 11.6 Å². The molecular weight excluding hydrogens is 328 g/mol. The van der Waals surface area contributed by atoms with E-state index >= 15 is 0 Å². The van der Waals surface area contributed by atoms with E-state index in [2.05, 4.69) is 0 Å². The highest BCUT2D eigenvalue weighted by Gasteiger charge is 2.22. The summed E-state index contributed by atoms with van der Waals surface area (Å²) in [6, 6.07) is 12.1. The van der Waals surface area contributed by atoms with Crippen LogP contribution in [0.25, 0.3) is 22.9 Å². The van der Waals surface area contributed by atoms with E-state index in [0.717, 1.165) is 16.3 Å². The lowest BCUT2D eigenvalue weighted by atomic mass is 9.87. The van der Waals surface area contributed by atoms with Gasteiger partial charge in [0, 0.05) is 22.8 Å². The van der Waals surface area contributed by atoms with Crippen molar-refractivity contribution in [2.75, 3.05) is 0 Å². The number of phenols is 1. The summed E-state index contributed by atoms with van der Waals surface area (Å²) in [6.45, 7) is 0. The Balaban J connectivity index is 1.83. The fourth-order valence-corrected chi connectivity index (χ4v) is 3.63. The lowest BCUT2D eigenvalue weighted by Gasteiger charge is -2.16. The maximum Gasteiger partial charge on any atom is 0.194 e. The average molecular weight is 340 g/mol. The van der Waals surface area contributed by atoms with Crippen molar-refractivity contribution in [3.8, 4) is 5.75 Å². The number of allylic oxidation sites excluding steroid dienone is 2. The topological polar surface area (TPSA) is 74.6 Å². The van der Waals surface area contributed by atoms with Gasteiger partial charge in [0.2, 0.25) is 0 Å². The third-order valence-electron chi connectivity index (χ3n) is 4.86. The predicted octanol–water partition coefficient (Wildman–Crippen LogP) is 2.34. The molecule has 0 heterocycles. The molecule has 124 valence electrons.